The molecular formula is C15H15FN2O2. The number of nitriles is 1. The van der Waals surface area contributed by atoms with Gasteiger partial charge in [0.05, 0.1) is 23.2 Å². The SMILES string of the molecule is N#Cc1ccc(NC2C3CCC(C3)C2C(=O)O)c(F)c1. The molecule has 20 heavy (non-hydrogen) atoms. The lowest BCUT2D eigenvalue weighted by Crippen LogP contribution is -2.39. The molecule has 104 valence electrons. The summed E-state index contributed by atoms with van der Waals surface area (Å²) in [4.78, 5) is 11.4. The summed E-state index contributed by atoms with van der Waals surface area (Å²) in [5.41, 5.74) is 0.545. The summed E-state index contributed by atoms with van der Waals surface area (Å²) in [5, 5.41) is 21.1. The number of nitrogens with one attached hydrogen (secondary N) is 1. The number of rotatable bonds is 3. The van der Waals surface area contributed by atoms with E-state index in [4.69, 9.17) is 5.26 Å². The van der Waals surface area contributed by atoms with Crippen LogP contribution in [-0.2, 0) is 4.79 Å². The summed E-state index contributed by atoms with van der Waals surface area (Å²) in [6.45, 7) is 0. The van der Waals surface area contributed by atoms with Crippen LogP contribution in [0.25, 0.3) is 0 Å². The Hall–Kier alpha value is -2.09. The van der Waals surface area contributed by atoms with Crippen LogP contribution in [0.1, 0.15) is 24.8 Å². The Labute approximate surface area is 116 Å². The van der Waals surface area contributed by atoms with Crippen molar-refractivity contribution in [2.75, 3.05) is 5.32 Å². The first-order valence-corrected chi connectivity index (χ1v) is 6.79. The highest BCUT2D eigenvalue weighted by Crippen LogP contribution is 2.49. The molecule has 0 spiro atoms. The van der Waals surface area contributed by atoms with Crippen molar-refractivity contribution in [3.8, 4) is 6.07 Å². The van der Waals surface area contributed by atoms with Gasteiger partial charge in [-0.2, -0.15) is 5.26 Å². The fourth-order valence-electron chi connectivity index (χ4n) is 3.74. The monoisotopic (exact) mass is 274 g/mol. The van der Waals surface area contributed by atoms with E-state index < -0.39 is 17.7 Å². The maximum absolute atomic E-state index is 13.9. The smallest absolute Gasteiger partial charge is 0.308 e. The zero-order valence-corrected chi connectivity index (χ0v) is 10.8. The molecule has 0 aromatic heterocycles. The number of benzene rings is 1. The van der Waals surface area contributed by atoms with Gasteiger partial charge in [-0.15, -0.1) is 0 Å². The van der Waals surface area contributed by atoms with E-state index in [1.54, 1.807) is 0 Å². The molecule has 0 saturated heterocycles. The molecule has 2 fully saturated rings. The number of carboxylic acid groups (broad SMARTS) is 1. The molecule has 4 unspecified atom stereocenters. The van der Waals surface area contributed by atoms with Crippen LogP contribution in [0.15, 0.2) is 18.2 Å². The second-order valence-corrected chi connectivity index (χ2v) is 5.67. The van der Waals surface area contributed by atoms with Gasteiger partial charge < -0.3 is 10.4 Å². The van der Waals surface area contributed by atoms with Gasteiger partial charge in [0.1, 0.15) is 5.82 Å². The van der Waals surface area contributed by atoms with Crippen LogP contribution >= 0.6 is 0 Å². The molecule has 4 nitrogen and oxygen atoms in total. The van der Waals surface area contributed by atoms with Crippen LogP contribution in [0, 0.1) is 34.9 Å². The van der Waals surface area contributed by atoms with Crippen LogP contribution in [0.2, 0.25) is 0 Å². The maximum atomic E-state index is 13.9. The minimum Gasteiger partial charge on any atom is -0.481 e. The standard InChI is InChI=1S/C15H15FN2O2/c16-11-5-8(7-17)1-4-12(11)18-14-10-3-2-9(6-10)13(14)15(19)20/h1,4-5,9-10,13-14,18H,2-3,6H2,(H,19,20). The highest BCUT2D eigenvalue weighted by molar-refractivity contribution is 5.73. The van der Waals surface area contributed by atoms with E-state index in [-0.39, 0.29) is 23.2 Å². The first-order valence-electron chi connectivity index (χ1n) is 6.79. The molecule has 2 N–H and O–H groups in total. The van der Waals surface area contributed by atoms with E-state index in [1.165, 1.54) is 18.2 Å². The second-order valence-electron chi connectivity index (χ2n) is 5.67. The fraction of sp³-hybridized carbons (Fsp3) is 0.467. The molecule has 2 aliphatic rings. The number of carbonyl (C=O) groups is 1. The molecular weight excluding hydrogens is 259 g/mol. The Morgan fingerprint density at radius 2 is 2.15 bits per heavy atom. The van der Waals surface area contributed by atoms with Gasteiger partial charge in [-0.25, -0.2) is 4.39 Å². The molecule has 5 heteroatoms. The van der Waals surface area contributed by atoms with E-state index in [0.29, 0.717) is 5.92 Å². The van der Waals surface area contributed by atoms with Gasteiger partial charge in [-0.05, 0) is 49.3 Å². The number of hydrogen-bond acceptors (Lipinski definition) is 3. The minimum atomic E-state index is -0.802. The zero-order chi connectivity index (χ0) is 14.3. The fourth-order valence-corrected chi connectivity index (χ4v) is 3.74. The summed E-state index contributed by atoms with van der Waals surface area (Å²) < 4.78 is 13.9. The quantitative estimate of drug-likeness (QED) is 0.888. The van der Waals surface area contributed by atoms with Crippen LogP contribution in [0.5, 0.6) is 0 Å². The minimum absolute atomic E-state index is 0.205. The second kappa shape index (κ2) is 4.78. The largest absolute Gasteiger partial charge is 0.481 e. The van der Waals surface area contributed by atoms with E-state index >= 15 is 0 Å². The number of anilines is 1. The number of nitrogens with zero attached hydrogens (tertiary/aromatic N) is 1. The summed E-state index contributed by atoms with van der Waals surface area (Å²) in [5.74, 6) is -1.24. The van der Waals surface area contributed by atoms with Gasteiger partial charge in [-0.3, -0.25) is 4.79 Å². The molecule has 0 radical (unpaired) electrons. The van der Waals surface area contributed by atoms with Gasteiger partial charge in [0.15, 0.2) is 0 Å². The third kappa shape index (κ3) is 2.01. The highest BCUT2D eigenvalue weighted by Gasteiger charge is 2.51. The van der Waals surface area contributed by atoms with Crippen LogP contribution in [0.3, 0.4) is 0 Å². The number of hydrogen-bond donors (Lipinski definition) is 2. The van der Waals surface area contributed by atoms with Gasteiger partial charge in [0, 0.05) is 6.04 Å². The van der Waals surface area contributed by atoms with Crippen molar-refractivity contribution in [1.82, 2.24) is 0 Å². The maximum Gasteiger partial charge on any atom is 0.308 e. The zero-order valence-electron chi connectivity index (χ0n) is 10.8. The van der Waals surface area contributed by atoms with Crippen LogP contribution in [0.4, 0.5) is 10.1 Å². The average Bonchev–Trinajstić information content (AvgIpc) is 3.01. The van der Waals surface area contributed by atoms with Crippen molar-refractivity contribution in [3.63, 3.8) is 0 Å². The average molecular weight is 274 g/mol. The number of carboxylic acids is 1. The molecule has 2 aliphatic carbocycles. The molecule has 0 aliphatic heterocycles. The first kappa shape index (κ1) is 12.9. The number of aliphatic carboxylic acids is 1. The predicted octanol–water partition coefficient (Wildman–Crippen LogP) is 2.61. The molecule has 4 atom stereocenters. The van der Waals surface area contributed by atoms with Crippen LogP contribution < -0.4 is 5.32 Å². The van der Waals surface area contributed by atoms with Gasteiger partial charge in [0.2, 0.25) is 0 Å². The topological polar surface area (TPSA) is 73.1 Å². The third-order valence-corrected chi connectivity index (χ3v) is 4.62. The van der Waals surface area contributed by atoms with Gasteiger partial charge in [-0.1, -0.05) is 0 Å². The van der Waals surface area contributed by atoms with Crippen molar-refractivity contribution >= 4 is 11.7 Å². The number of fused-ring (bicyclic) bond motifs is 2. The van der Waals surface area contributed by atoms with E-state index in [1.807, 2.05) is 6.07 Å². The molecule has 2 bridgehead atoms. The molecule has 1 aromatic rings. The number of halogens is 1. The van der Waals surface area contributed by atoms with Crippen LogP contribution in [-0.4, -0.2) is 17.1 Å². The summed E-state index contributed by atoms with van der Waals surface area (Å²) >= 11 is 0. The molecule has 0 heterocycles. The highest BCUT2D eigenvalue weighted by atomic mass is 19.1. The Balaban J connectivity index is 1.84. The van der Waals surface area contributed by atoms with Crippen molar-refractivity contribution in [2.45, 2.75) is 25.3 Å². The molecule has 0 amide bonds. The Morgan fingerprint density at radius 3 is 2.80 bits per heavy atom. The van der Waals surface area contributed by atoms with Crippen molar-refractivity contribution < 1.29 is 14.3 Å². The van der Waals surface area contributed by atoms with Crippen molar-refractivity contribution in [2.24, 2.45) is 17.8 Å². The Kier molecular flexibility index (Phi) is 3.09. The summed E-state index contributed by atoms with van der Waals surface area (Å²) in [6, 6.07) is 5.89. The van der Waals surface area contributed by atoms with E-state index in [9.17, 15) is 14.3 Å². The van der Waals surface area contributed by atoms with Gasteiger partial charge >= 0.3 is 5.97 Å². The molecule has 3 rings (SSSR count). The Morgan fingerprint density at radius 1 is 1.40 bits per heavy atom. The third-order valence-electron chi connectivity index (χ3n) is 4.62. The first-order chi connectivity index (χ1) is 9.60. The predicted molar refractivity (Wildman–Crippen MR) is 70.5 cm³/mol. The lowest BCUT2D eigenvalue weighted by atomic mass is 9.84. The lowest BCUT2D eigenvalue weighted by molar-refractivity contribution is -0.143. The Bertz CT molecular complexity index is 596. The normalized spacial score (nSPS) is 31.0. The van der Waals surface area contributed by atoms with Crippen molar-refractivity contribution in [1.29, 1.82) is 5.26 Å². The summed E-state index contributed by atoms with van der Waals surface area (Å²) in [7, 11) is 0. The van der Waals surface area contributed by atoms with Crippen molar-refractivity contribution in [3.05, 3.63) is 29.6 Å². The lowest BCUT2D eigenvalue weighted by Gasteiger charge is -2.29. The molecule has 1 aromatic carbocycles. The molecule has 2 saturated carbocycles. The van der Waals surface area contributed by atoms with E-state index in [2.05, 4.69) is 5.32 Å². The summed E-state index contributed by atoms with van der Waals surface area (Å²) in [6.07, 6.45) is 2.87. The van der Waals surface area contributed by atoms with Gasteiger partial charge in [0.25, 0.3) is 0 Å². The van der Waals surface area contributed by atoms with E-state index in [0.717, 1.165) is 19.3 Å².